The minimum Gasteiger partial charge on any atom is -0.480 e. The van der Waals surface area contributed by atoms with E-state index >= 15 is 0 Å². The van der Waals surface area contributed by atoms with Gasteiger partial charge in [0, 0.05) is 24.8 Å². The Balaban J connectivity index is 1.45. The number of aryl methyl sites for hydroxylation is 1. The number of hydrogen-bond donors (Lipinski definition) is 3. The number of carbonyl (C=O) groups is 2. The summed E-state index contributed by atoms with van der Waals surface area (Å²) >= 11 is 5.85. The van der Waals surface area contributed by atoms with E-state index < -0.39 is 5.97 Å². The highest BCUT2D eigenvalue weighted by Gasteiger charge is 2.37. The van der Waals surface area contributed by atoms with E-state index in [1.165, 1.54) is 19.0 Å². The molecule has 2 aliphatic rings. The molecule has 7 nitrogen and oxygen atoms in total. The Labute approximate surface area is 151 Å². The van der Waals surface area contributed by atoms with Crippen LogP contribution in [0.5, 0.6) is 0 Å². The number of carboxylic acids is 1. The van der Waals surface area contributed by atoms with Gasteiger partial charge in [-0.2, -0.15) is 0 Å². The monoisotopic (exact) mass is 366 g/mol. The van der Waals surface area contributed by atoms with Crippen LogP contribution in [0, 0.1) is 12.8 Å². The van der Waals surface area contributed by atoms with Gasteiger partial charge >= 0.3 is 12.0 Å². The summed E-state index contributed by atoms with van der Waals surface area (Å²) in [5, 5.41) is 15.2. The number of carbonyl (C=O) groups excluding carboxylic acids is 1. The van der Waals surface area contributed by atoms with Gasteiger partial charge in [-0.05, 0) is 50.2 Å². The molecule has 136 valence electrons. The first-order valence-electron chi connectivity index (χ1n) is 8.56. The van der Waals surface area contributed by atoms with E-state index in [9.17, 15) is 9.59 Å². The molecule has 0 radical (unpaired) electrons. The van der Waals surface area contributed by atoms with Crippen molar-refractivity contribution in [3.63, 3.8) is 0 Å². The van der Waals surface area contributed by atoms with Gasteiger partial charge in [0.25, 0.3) is 0 Å². The summed E-state index contributed by atoms with van der Waals surface area (Å²) < 4.78 is 0. The zero-order valence-electron chi connectivity index (χ0n) is 14.2. The zero-order chi connectivity index (χ0) is 18.0. The van der Waals surface area contributed by atoms with Gasteiger partial charge in [0.05, 0.1) is 11.6 Å². The molecular formula is C17H23ClN4O3. The van der Waals surface area contributed by atoms with Crippen molar-refractivity contribution in [1.82, 2.24) is 15.2 Å². The smallest absolute Gasteiger partial charge is 0.320 e. The predicted molar refractivity (Wildman–Crippen MR) is 94.9 cm³/mol. The molecule has 3 N–H and O–H groups in total. The Morgan fingerprint density at radius 3 is 2.72 bits per heavy atom. The molecule has 0 bridgehead atoms. The fraction of sp³-hybridized carbons (Fsp3) is 0.588. The summed E-state index contributed by atoms with van der Waals surface area (Å²) in [5.74, 6) is 0.340. The summed E-state index contributed by atoms with van der Waals surface area (Å²) in [6, 6.07) is 1.74. The van der Waals surface area contributed by atoms with Crippen LogP contribution in [0.2, 0.25) is 5.02 Å². The molecular weight excluding hydrogens is 344 g/mol. The molecule has 0 aromatic carbocycles. The van der Waals surface area contributed by atoms with E-state index in [2.05, 4.69) is 15.6 Å². The molecule has 0 aliphatic heterocycles. The molecule has 0 unspecified atom stereocenters. The van der Waals surface area contributed by atoms with Gasteiger partial charge in [-0.15, -0.1) is 0 Å². The number of nitrogens with zero attached hydrogens (tertiary/aromatic N) is 2. The van der Waals surface area contributed by atoms with Gasteiger partial charge in [-0.3, -0.25) is 15.0 Å². The summed E-state index contributed by atoms with van der Waals surface area (Å²) in [6.45, 7) is 2.76. The first-order valence-corrected chi connectivity index (χ1v) is 8.94. The van der Waals surface area contributed by atoms with Crippen molar-refractivity contribution in [2.24, 2.45) is 5.92 Å². The normalized spacial score (nSPS) is 22.4. The van der Waals surface area contributed by atoms with Gasteiger partial charge in [-0.1, -0.05) is 11.6 Å². The van der Waals surface area contributed by atoms with Crippen molar-refractivity contribution < 1.29 is 14.7 Å². The minimum atomic E-state index is -0.793. The van der Waals surface area contributed by atoms with Crippen molar-refractivity contribution >= 4 is 29.4 Å². The van der Waals surface area contributed by atoms with Gasteiger partial charge < -0.3 is 10.4 Å². The number of hydrogen-bond acceptors (Lipinski definition) is 4. The average Bonchev–Trinajstić information content (AvgIpc) is 3.28. The molecule has 2 amide bonds. The topological polar surface area (TPSA) is 94.6 Å². The number of pyridine rings is 1. The van der Waals surface area contributed by atoms with Crippen molar-refractivity contribution in [2.75, 3.05) is 18.4 Å². The Morgan fingerprint density at radius 2 is 2.12 bits per heavy atom. The number of anilines is 1. The molecule has 1 heterocycles. The summed E-state index contributed by atoms with van der Waals surface area (Å²) in [4.78, 5) is 29.3. The third-order valence-electron chi connectivity index (χ3n) is 4.77. The van der Waals surface area contributed by atoms with Crippen molar-refractivity contribution in [3.05, 3.63) is 22.8 Å². The molecule has 0 spiro atoms. The van der Waals surface area contributed by atoms with E-state index in [1.54, 1.807) is 6.07 Å². The van der Waals surface area contributed by atoms with E-state index in [0.29, 0.717) is 16.8 Å². The van der Waals surface area contributed by atoms with Crippen LogP contribution in [0.25, 0.3) is 0 Å². The first kappa shape index (κ1) is 17.9. The molecule has 8 heteroatoms. The van der Waals surface area contributed by atoms with Gasteiger partial charge in [-0.25, -0.2) is 9.78 Å². The van der Waals surface area contributed by atoms with E-state index in [1.807, 2.05) is 11.8 Å². The van der Waals surface area contributed by atoms with Gasteiger partial charge in [0.2, 0.25) is 0 Å². The minimum absolute atomic E-state index is 0.0631. The third kappa shape index (κ3) is 5.06. The van der Waals surface area contributed by atoms with E-state index in [0.717, 1.165) is 24.9 Å². The summed E-state index contributed by atoms with van der Waals surface area (Å²) in [5.41, 5.74) is 0.797. The van der Waals surface area contributed by atoms with Crippen LogP contribution in [0.4, 0.5) is 10.6 Å². The quantitative estimate of drug-likeness (QED) is 0.689. The van der Waals surface area contributed by atoms with Crippen molar-refractivity contribution in [2.45, 2.75) is 44.7 Å². The number of carboxylic acid groups (broad SMARTS) is 1. The lowest BCUT2D eigenvalue weighted by molar-refractivity contribution is -0.139. The zero-order valence-corrected chi connectivity index (χ0v) is 14.9. The number of aliphatic carboxylic acids is 1. The lowest BCUT2D eigenvalue weighted by Crippen LogP contribution is -2.55. The summed E-state index contributed by atoms with van der Waals surface area (Å²) in [7, 11) is 0. The fourth-order valence-corrected chi connectivity index (χ4v) is 3.37. The number of aromatic nitrogens is 1. The Kier molecular flexibility index (Phi) is 5.44. The second kappa shape index (κ2) is 7.58. The second-order valence-electron chi connectivity index (χ2n) is 7.01. The number of nitrogens with one attached hydrogen (secondary N) is 2. The Morgan fingerprint density at radius 1 is 1.40 bits per heavy atom. The predicted octanol–water partition coefficient (Wildman–Crippen LogP) is 2.49. The maximum Gasteiger partial charge on any atom is 0.320 e. The molecule has 2 fully saturated rings. The molecule has 0 atom stereocenters. The Hall–Kier alpha value is -1.86. The molecule has 1 aromatic heterocycles. The largest absolute Gasteiger partial charge is 0.480 e. The Bertz CT molecular complexity index is 659. The standard InChI is InChI=1S/C17H23ClN4O3/c1-10-4-12(18)7-19-16(10)21-17(25)20-13-5-14(6-13)22(9-15(23)24)8-11-2-3-11/h4,7,11,13-14H,2-3,5-6,8-9H2,1H3,(H,23,24)(H2,19,20,21,25). The molecule has 25 heavy (non-hydrogen) atoms. The number of rotatable bonds is 7. The number of urea groups is 1. The van der Waals surface area contributed by atoms with Crippen LogP contribution < -0.4 is 10.6 Å². The van der Waals surface area contributed by atoms with Crippen LogP contribution in [0.1, 0.15) is 31.2 Å². The van der Waals surface area contributed by atoms with Crippen molar-refractivity contribution in [1.29, 1.82) is 0 Å². The third-order valence-corrected chi connectivity index (χ3v) is 4.98. The molecule has 3 rings (SSSR count). The average molecular weight is 367 g/mol. The highest BCUT2D eigenvalue weighted by Crippen LogP contribution is 2.33. The maximum absolute atomic E-state index is 12.1. The molecule has 0 saturated heterocycles. The molecule has 2 aliphatic carbocycles. The molecule has 2 saturated carbocycles. The highest BCUT2D eigenvalue weighted by molar-refractivity contribution is 6.30. The lowest BCUT2D eigenvalue weighted by Gasteiger charge is -2.42. The fourth-order valence-electron chi connectivity index (χ4n) is 3.15. The van der Waals surface area contributed by atoms with Crippen LogP contribution >= 0.6 is 11.6 Å². The maximum atomic E-state index is 12.1. The van der Waals surface area contributed by atoms with Crippen LogP contribution in [-0.2, 0) is 4.79 Å². The summed E-state index contributed by atoms with van der Waals surface area (Å²) in [6.07, 6.45) is 5.44. The van der Waals surface area contributed by atoms with Crippen LogP contribution in [0.15, 0.2) is 12.3 Å². The molecule has 1 aromatic rings. The van der Waals surface area contributed by atoms with Crippen LogP contribution in [0.3, 0.4) is 0 Å². The number of halogens is 1. The van der Waals surface area contributed by atoms with E-state index in [4.69, 9.17) is 16.7 Å². The first-order chi connectivity index (χ1) is 11.9. The van der Waals surface area contributed by atoms with Gasteiger partial charge in [0.1, 0.15) is 5.82 Å². The van der Waals surface area contributed by atoms with Crippen molar-refractivity contribution in [3.8, 4) is 0 Å². The lowest BCUT2D eigenvalue weighted by atomic mass is 9.85. The van der Waals surface area contributed by atoms with Gasteiger partial charge in [0.15, 0.2) is 0 Å². The second-order valence-corrected chi connectivity index (χ2v) is 7.44. The SMILES string of the molecule is Cc1cc(Cl)cnc1NC(=O)NC1CC(N(CC(=O)O)CC2CC2)C1. The highest BCUT2D eigenvalue weighted by atomic mass is 35.5. The van der Waals surface area contributed by atoms with E-state index in [-0.39, 0.29) is 24.7 Å². The van der Waals surface area contributed by atoms with Crippen LogP contribution in [-0.4, -0.2) is 52.2 Å². The number of amides is 2.